The third kappa shape index (κ3) is 4.17. The Balaban J connectivity index is 2.19. The number of hydrogen-bond acceptors (Lipinski definition) is 3. The molecule has 3 rings (SSSR count). The second-order valence-corrected chi connectivity index (χ2v) is 7.32. The summed E-state index contributed by atoms with van der Waals surface area (Å²) in [6.45, 7) is 4.82. The van der Waals surface area contributed by atoms with Crippen LogP contribution >= 0.6 is 0 Å². The molecule has 0 saturated carbocycles. The van der Waals surface area contributed by atoms with E-state index in [4.69, 9.17) is 0 Å². The van der Waals surface area contributed by atoms with Gasteiger partial charge in [-0.1, -0.05) is 24.3 Å². The third-order valence-electron chi connectivity index (χ3n) is 4.23. The highest BCUT2D eigenvalue weighted by Gasteiger charge is 2.32. The molecule has 0 aliphatic rings. The van der Waals surface area contributed by atoms with Gasteiger partial charge >= 0.3 is 6.18 Å². The molecule has 148 valence electrons. The summed E-state index contributed by atoms with van der Waals surface area (Å²) in [7, 11) is 0. The highest BCUT2D eigenvalue weighted by Crippen LogP contribution is 2.37. The Hall–Kier alpha value is -2.87. The first kappa shape index (κ1) is 19.9. The molecule has 0 unspecified atom stereocenters. The fourth-order valence-corrected chi connectivity index (χ4v) is 3.00. The van der Waals surface area contributed by atoms with Crippen molar-refractivity contribution in [3.05, 3.63) is 53.7 Å². The smallest absolute Gasteiger partial charge is 0.390 e. The number of hydrogen-bond donors (Lipinski definition) is 2. The van der Waals surface area contributed by atoms with Crippen molar-refractivity contribution in [3.63, 3.8) is 0 Å². The van der Waals surface area contributed by atoms with Crippen molar-refractivity contribution in [3.8, 4) is 11.1 Å². The molecule has 3 aromatic rings. The Morgan fingerprint density at radius 2 is 1.89 bits per heavy atom. The maximum atomic E-state index is 13.2. The lowest BCUT2D eigenvalue weighted by Gasteiger charge is -2.16. The van der Waals surface area contributed by atoms with E-state index in [1.807, 2.05) is 19.1 Å². The molecule has 0 saturated heterocycles. The first-order chi connectivity index (χ1) is 13.0. The van der Waals surface area contributed by atoms with Crippen LogP contribution in [0, 0.1) is 6.92 Å². The normalized spacial score (nSPS) is 12.4. The molecule has 0 aliphatic carbocycles. The van der Waals surface area contributed by atoms with E-state index in [1.165, 1.54) is 24.6 Å². The van der Waals surface area contributed by atoms with Gasteiger partial charge in [-0.25, -0.2) is 4.52 Å². The number of aromatic nitrogens is 2. The lowest BCUT2D eigenvalue weighted by atomic mass is 10.00. The lowest BCUT2D eigenvalue weighted by molar-refractivity contribution is -0.137. The van der Waals surface area contributed by atoms with Crippen LogP contribution in [-0.2, 0) is 11.0 Å². The van der Waals surface area contributed by atoms with Crippen LogP contribution in [0.5, 0.6) is 0 Å². The Morgan fingerprint density at radius 3 is 2.50 bits per heavy atom. The zero-order valence-corrected chi connectivity index (χ0v) is 15.6. The number of nitrogens with zero attached hydrogens (tertiary/aromatic N) is 2. The van der Waals surface area contributed by atoms with Crippen molar-refractivity contribution in [2.75, 3.05) is 5.32 Å². The van der Waals surface area contributed by atoms with Crippen LogP contribution in [0.15, 0.2) is 42.6 Å². The minimum absolute atomic E-state index is 0.142. The number of nitrogens with one attached hydrogen (secondary N) is 1. The average Bonchev–Trinajstić information content (AvgIpc) is 2.89. The summed E-state index contributed by atoms with van der Waals surface area (Å²) in [4.78, 5) is 12.3. The van der Waals surface area contributed by atoms with E-state index in [0.717, 1.165) is 17.7 Å². The Labute approximate surface area is 159 Å². The predicted molar refractivity (Wildman–Crippen MR) is 99.9 cm³/mol. The zero-order valence-electron chi connectivity index (χ0n) is 15.6. The molecule has 5 nitrogen and oxygen atoms in total. The maximum Gasteiger partial charge on any atom is 0.416 e. The molecule has 0 atom stereocenters. The molecule has 2 N–H and O–H groups in total. The summed E-state index contributed by atoms with van der Waals surface area (Å²) in [5.41, 5.74) is 0.0819. The van der Waals surface area contributed by atoms with Gasteiger partial charge in [0.2, 0.25) is 5.91 Å². The molecule has 1 aromatic carbocycles. The number of carbonyl (C=O) groups excluding carboxylic acids is 1. The van der Waals surface area contributed by atoms with Gasteiger partial charge in [0.05, 0.1) is 28.7 Å². The van der Waals surface area contributed by atoms with Crippen molar-refractivity contribution in [2.24, 2.45) is 0 Å². The molecule has 1 amide bonds. The van der Waals surface area contributed by atoms with E-state index in [9.17, 15) is 23.1 Å². The van der Waals surface area contributed by atoms with Crippen LogP contribution in [0.1, 0.15) is 31.4 Å². The number of halogens is 3. The highest BCUT2D eigenvalue weighted by atomic mass is 19.4. The summed E-state index contributed by atoms with van der Waals surface area (Å²) in [6, 6.07) is 9.12. The Kier molecular flexibility index (Phi) is 4.93. The van der Waals surface area contributed by atoms with Crippen molar-refractivity contribution in [1.29, 1.82) is 0 Å². The molecule has 2 aromatic heterocycles. The van der Waals surface area contributed by atoms with E-state index in [2.05, 4.69) is 10.4 Å². The van der Waals surface area contributed by atoms with Crippen molar-refractivity contribution >= 4 is 17.2 Å². The summed E-state index contributed by atoms with van der Waals surface area (Å²) in [5.74, 6) is -0.343. The maximum absolute atomic E-state index is 13.2. The standard InChI is InChI=1S/C20H20F3N3O2/c1-12-6-4-5-7-14(12)17-15-10-13(20(21,22)23)8-9-26(15)25-18(17)24-16(27)11-19(2,3)28/h4-10,28H,11H2,1-3H3,(H,24,25,27). The van der Waals surface area contributed by atoms with Crippen LogP contribution < -0.4 is 5.32 Å². The van der Waals surface area contributed by atoms with Crippen LogP contribution in [0.2, 0.25) is 0 Å². The number of benzene rings is 1. The van der Waals surface area contributed by atoms with Gasteiger partial charge in [0.1, 0.15) is 0 Å². The Bertz CT molecular complexity index is 1030. The third-order valence-corrected chi connectivity index (χ3v) is 4.23. The van der Waals surface area contributed by atoms with Crippen LogP contribution in [0.4, 0.5) is 19.0 Å². The molecule has 0 spiro atoms. The Morgan fingerprint density at radius 1 is 1.21 bits per heavy atom. The number of aryl methyl sites for hydroxylation is 1. The van der Waals surface area contributed by atoms with E-state index < -0.39 is 23.2 Å². The molecular weight excluding hydrogens is 371 g/mol. The highest BCUT2D eigenvalue weighted by molar-refractivity contribution is 5.99. The number of anilines is 1. The summed E-state index contributed by atoms with van der Waals surface area (Å²) in [5, 5.41) is 16.7. The lowest BCUT2D eigenvalue weighted by Crippen LogP contribution is -2.27. The number of carbonyl (C=O) groups is 1. The molecule has 28 heavy (non-hydrogen) atoms. The molecule has 8 heteroatoms. The fraction of sp³-hybridized carbons (Fsp3) is 0.300. The van der Waals surface area contributed by atoms with Gasteiger partial charge in [-0.15, -0.1) is 5.10 Å². The number of aliphatic hydroxyl groups is 1. The van der Waals surface area contributed by atoms with E-state index in [-0.39, 0.29) is 17.8 Å². The number of pyridine rings is 1. The minimum atomic E-state index is -4.50. The first-order valence-corrected chi connectivity index (χ1v) is 8.63. The largest absolute Gasteiger partial charge is 0.416 e. The summed E-state index contributed by atoms with van der Waals surface area (Å²) >= 11 is 0. The quantitative estimate of drug-likeness (QED) is 0.692. The van der Waals surface area contributed by atoms with Crippen LogP contribution in [-0.4, -0.2) is 26.2 Å². The molecule has 0 bridgehead atoms. The second-order valence-electron chi connectivity index (χ2n) is 7.32. The van der Waals surface area contributed by atoms with Gasteiger partial charge in [0.15, 0.2) is 5.82 Å². The number of fused-ring (bicyclic) bond motifs is 1. The number of amides is 1. The average molecular weight is 391 g/mol. The van der Waals surface area contributed by atoms with Crippen LogP contribution in [0.25, 0.3) is 16.6 Å². The summed E-state index contributed by atoms with van der Waals surface area (Å²) in [6.07, 6.45) is -3.47. The molecule has 0 aliphatic heterocycles. The fourth-order valence-electron chi connectivity index (χ4n) is 3.00. The zero-order chi connectivity index (χ0) is 20.7. The van der Waals surface area contributed by atoms with Crippen LogP contribution in [0.3, 0.4) is 0 Å². The second kappa shape index (κ2) is 6.94. The van der Waals surface area contributed by atoms with Crippen molar-refractivity contribution in [2.45, 2.75) is 39.0 Å². The SMILES string of the molecule is Cc1ccccc1-c1c(NC(=O)CC(C)(C)O)nn2ccc(C(F)(F)F)cc12. The first-order valence-electron chi connectivity index (χ1n) is 8.63. The number of alkyl halides is 3. The van der Waals surface area contributed by atoms with Crippen molar-refractivity contribution < 1.29 is 23.1 Å². The van der Waals surface area contributed by atoms with Crippen molar-refractivity contribution in [1.82, 2.24) is 9.61 Å². The molecule has 0 radical (unpaired) electrons. The topological polar surface area (TPSA) is 66.6 Å². The van der Waals surface area contributed by atoms with Gasteiger partial charge < -0.3 is 10.4 Å². The van der Waals surface area contributed by atoms with E-state index >= 15 is 0 Å². The van der Waals surface area contributed by atoms with E-state index in [0.29, 0.717) is 11.1 Å². The van der Waals surface area contributed by atoms with Gasteiger partial charge in [0.25, 0.3) is 0 Å². The van der Waals surface area contributed by atoms with Gasteiger partial charge in [-0.2, -0.15) is 13.2 Å². The number of rotatable bonds is 4. The molecule has 0 fully saturated rings. The van der Waals surface area contributed by atoms with Gasteiger partial charge in [-0.05, 0) is 44.0 Å². The molecule has 2 heterocycles. The molecular formula is C20H20F3N3O2. The monoisotopic (exact) mass is 391 g/mol. The summed E-state index contributed by atoms with van der Waals surface area (Å²) < 4.78 is 40.9. The predicted octanol–water partition coefficient (Wildman–Crippen LogP) is 4.43. The minimum Gasteiger partial charge on any atom is -0.390 e. The van der Waals surface area contributed by atoms with Gasteiger partial charge in [0, 0.05) is 6.20 Å². The van der Waals surface area contributed by atoms with Gasteiger partial charge in [-0.3, -0.25) is 4.79 Å². The van der Waals surface area contributed by atoms with E-state index in [1.54, 1.807) is 12.1 Å².